The number of rotatable bonds is 5. The van der Waals surface area contributed by atoms with Crippen LogP contribution in [0.1, 0.15) is 26.2 Å². The van der Waals surface area contributed by atoms with Gasteiger partial charge in [0.2, 0.25) is 11.9 Å². The zero-order valence-corrected chi connectivity index (χ0v) is 12.6. The molecule has 1 unspecified atom stereocenters. The summed E-state index contributed by atoms with van der Waals surface area (Å²) >= 11 is 6.20. The molecule has 20 heavy (non-hydrogen) atoms. The van der Waals surface area contributed by atoms with E-state index < -0.39 is 0 Å². The predicted molar refractivity (Wildman–Crippen MR) is 80.3 cm³/mol. The number of hydrogen-bond acceptors (Lipinski definition) is 5. The smallest absolute Gasteiger partial charge is 0.242 e. The molecule has 0 aliphatic carbocycles. The summed E-state index contributed by atoms with van der Waals surface area (Å²) in [6.07, 6.45) is 4.35. The van der Waals surface area contributed by atoms with Crippen molar-refractivity contribution in [2.24, 2.45) is 0 Å². The molecule has 0 spiro atoms. The second-order valence-corrected chi connectivity index (χ2v) is 5.16. The first-order chi connectivity index (χ1) is 9.67. The number of carbonyl (C=O) groups excluding carboxylic acids is 1. The van der Waals surface area contributed by atoms with Crippen molar-refractivity contribution in [2.45, 2.75) is 32.2 Å². The van der Waals surface area contributed by atoms with Gasteiger partial charge in [-0.2, -0.15) is 4.98 Å². The van der Waals surface area contributed by atoms with E-state index in [1.54, 1.807) is 13.2 Å². The van der Waals surface area contributed by atoms with Crippen LogP contribution >= 0.6 is 11.6 Å². The normalized spacial score (nSPS) is 18.1. The third-order valence-electron chi connectivity index (χ3n) is 3.33. The highest BCUT2D eigenvalue weighted by molar-refractivity contribution is 6.32. The lowest BCUT2D eigenvalue weighted by molar-refractivity contribution is -0.121. The SMILES string of the molecule is CCCNc1ncc(Cl)c(N2CCCC2C(=O)NC)n1. The molecule has 0 saturated carbocycles. The fourth-order valence-electron chi connectivity index (χ4n) is 2.34. The minimum atomic E-state index is -0.202. The van der Waals surface area contributed by atoms with Crippen molar-refractivity contribution in [1.82, 2.24) is 15.3 Å². The summed E-state index contributed by atoms with van der Waals surface area (Å²) in [5, 5.41) is 6.30. The van der Waals surface area contributed by atoms with Crippen LogP contribution in [-0.4, -0.2) is 42.1 Å². The first kappa shape index (κ1) is 14.8. The first-order valence-electron chi connectivity index (χ1n) is 6.92. The molecule has 1 aromatic rings. The Bertz CT molecular complexity index is 482. The van der Waals surface area contributed by atoms with Gasteiger partial charge in [0, 0.05) is 20.1 Å². The van der Waals surface area contributed by atoms with Crippen molar-refractivity contribution in [3.05, 3.63) is 11.2 Å². The molecule has 1 aliphatic rings. The number of halogens is 1. The Morgan fingerprint density at radius 1 is 1.60 bits per heavy atom. The summed E-state index contributed by atoms with van der Waals surface area (Å²) in [4.78, 5) is 22.5. The number of nitrogens with one attached hydrogen (secondary N) is 2. The molecule has 0 bridgehead atoms. The highest BCUT2D eigenvalue weighted by Crippen LogP contribution is 2.30. The number of nitrogens with zero attached hydrogens (tertiary/aromatic N) is 3. The van der Waals surface area contributed by atoms with Gasteiger partial charge in [0.25, 0.3) is 0 Å². The van der Waals surface area contributed by atoms with Gasteiger partial charge in [-0.15, -0.1) is 0 Å². The second kappa shape index (κ2) is 6.74. The number of amides is 1. The van der Waals surface area contributed by atoms with Crippen molar-refractivity contribution in [1.29, 1.82) is 0 Å². The summed E-state index contributed by atoms with van der Waals surface area (Å²) in [6, 6.07) is -0.202. The van der Waals surface area contributed by atoms with E-state index in [0.29, 0.717) is 16.8 Å². The van der Waals surface area contributed by atoms with Gasteiger partial charge in [0.1, 0.15) is 11.1 Å². The number of carbonyl (C=O) groups is 1. The van der Waals surface area contributed by atoms with E-state index in [0.717, 1.165) is 32.4 Å². The monoisotopic (exact) mass is 297 g/mol. The largest absolute Gasteiger partial charge is 0.357 e. The van der Waals surface area contributed by atoms with Crippen LogP contribution in [0.2, 0.25) is 5.02 Å². The van der Waals surface area contributed by atoms with Gasteiger partial charge >= 0.3 is 0 Å². The molecular weight excluding hydrogens is 278 g/mol. The Kier molecular flexibility index (Phi) is 5.00. The lowest BCUT2D eigenvalue weighted by Gasteiger charge is -2.25. The maximum atomic E-state index is 11.9. The summed E-state index contributed by atoms with van der Waals surface area (Å²) in [5.74, 6) is 1.18. The molecule has 7 heteroatoms. The van der Waals surface area contributed by atoms with Gasteiger partial charge in [-0.05, 0) is 19.3 Å². The summed E-state index contributed by atoms with van der Waals surface area (Å²) in [6.45, 7) is 3.66. The Hall–Kier alpha value is -1.56. The van der Waals surface area contributed by atoms with E-state index in [4.69, 9.17) is 11.6 Å². The number of aromatic nitrogens is 2. The minimum Gasteiger partial charge on any atom is -0.357 e. The van der Waals surface area contributed by atoms with Crippen LogP contribution in [0.25, 0.3) is 0 Å². The van der Waals surface area contributed by atoms with Crippen LogP contribution in [0.15, 0.2) is 6.20 Å². The Labute approximate surface area is 123 Å². The number of likely N-dealkylation sites (N-methyl/N-ethyl adjacent to an activating group) is 1. The Morgan fingerprint density at radius 2 is 2.40 bits per heavy atom. The fraction of sp³-hybridized carbons (Fsp3) is 0.615. The van der Waals surface area contributed by atoms with E-state index in [1.165, 1.54) is 0 Å². The van der Waals surface area contributed by atoms with Crippen LogP contribution in [0.5, 0.6) is 0 Å². The molecular formula is C13H20ClN5O. The molecule has 0 aromatic carbocycles. The molecule has 1 atom stereocenters. The van der Waals surface area contributed by atoms with Gasteiger partial charge in [-0.3, -0.25) is 4.79 Å². The highest BCUT2D eigenvalue weighted by Gasteiger charge is 2.32. The van der Waals surface area contributed by atoms with Gasteiger partial charge < -0.3 is 15.5 Å². The standard InChI is InChI=1S/C13H20ClN5O/c1-3-6-16-13-17-8-9(14)11(18-13)19-7-4-5-10(19)12(20)15-2/h8,10H,3-7H2,1-2H3,(H,15,20)(H,16,17,18). The van der Waals surface area contributed by atoms with Crippen molar-refractivity contribution < 1.29 is 4.79 Å². The minimum absolute atomic E-state index is 0.000228. The van der Waals surface area contributed by atoms with Crippen molar-refractivity contribution in [2.75, 3.05) is 30.4 Å². The van der Waals surface area contributed by atoms with Gasteiger partial charge in [-0.25, -0.2) is 4.98 Å². The van der Waals surface area contributed by atoms with E-state index in [-0.39, 0.29) is 11.9 Å². The van der Waals surface area contributed by atoms with Crippen LogP contribution in [0.4, 0.5) is 11.8 Å². The Balaban J connectivity index is 2.23. The maximum absolute atomic E-state index is 11.9. The molecule has 110 valence electrons. The number of hydrogen-bond donors (Lipinski definition) is 2. The van der Waals surface area contributed by atoms with Crippen molar-refractivity contribution in [3.63, 3.8) is 0 Å². The molecule has 0 radical (unpaired) electrons. The zero-order chi connectivity index (χ0) is 14.5. The topological polar surface area (TPSA) is 70.2 Å². The zero-order valence-electron chi connectivity index (χ0n) is 11.8. The molecule has 2 rings (SSSR count). The third kappa shape index (κ3) is 3.12. The van der Waals surface area contributed by atoms with E-state index in [9.17, 15) is 4.79 Å². The molecule has 1 saturated heterocycles. The van der Waals surface area contributed by atoms with Crippen LogP contribution in [-0.2, 0) is 4.79 Å². The van der Waals surface area contributed by atoms with Crippen molar-refractivity contribution in [3.8, 4) is 0 Å². The fourth-order valence-corrected chi connectivity index (χ4v) is 2.54. The summed E-state index contributed by atoms with van der Waals surface area (Å²) in [7, 11) is 1.65. The summed E-state index contributed by atoms with van der Waals surface area (Å²) < 4.78 is 0. The molecule has 1 amide bonds. The lowest BCUT2D eigenvalue weighted by atomic mass is 10.2. The molecule has 1 aliphatic heterocycles. The average molecular weight is 298 g/mol. The van der Waals surface area contributed by atoms with Gasteiger partial charge in [-0.1, -0.05) is 18.5 Å². The number of anilines is 2. The second-order valence-electron chi connectivity index (χ2n) is 4.76. The molecule has 1 aromatic heterocycles. The molecule has 6 nitrogen and oxygen atoms in total. The highest BCUT2D eigenvalue weighted by atomic mass is 35.5. The van der Waals surface area contributed by atoms with Gasteiger partial charge in [0.15, 0.2) is 5.82 Å². The van der Waals surface area contributed by atoms with Crippen LogP contribution < -0.4 is 15.5 Å². The van der Waals surface area contributed by atoms with E-state index in [1.807, 2.05) is 4.90 Å². The molecule has 2 N–H and O–H groups in total. The lowest BCUT2D eigenvalue weighted by Crippen LogP contribution is -2.42. The molecule has 1 fully saturated rings. The van der Waals surface area contributed by atoms with Gasteiger partial charge in [0.05, 0.1) is 6.20 Å². The predicted octanol–water partition coefficient (Wildman–Crippen LogP) is 1.67. The summed E-state index contributed by atoms with van der Waals surface area (Å²) in [5.41, 5.74) is 0. The first-order valence-corrected chi connectivity index (χ1v) is 7.29. The van der Waals surface area contributed by atoms with Crippen LogP contribution in [0, 0.1) is 0 Å². The maximum Gasteiger partial charge on any atom is 0.242 e. The Morgan fingerprint density at radius 3 is 3.10 bits per heavy atom. The average Bonchev–Trinajstić information content (AvgIpc) is 2.94. The molecule has 2 heterocycles. The van der Waals surface area contributed by atoms with Crippen molar-refractivity contribution >= 4 is 29.3 Å². The third-order valence-corrected chi connectivity index (χ3v) is 3.60. The quantitative estimate of drug-likeness (QED) is 0.865. The van der Waals surface area contributed by atoms with E-state index in [2.05, 4.69) is 27.5 Å². The van der Waals surface area contributed by atoms with Crippen LogP contribution in [0.3, 0.4) is 0 Å². The van der Waals surface area contributed by atoms with E-state index >= 15 is 0 Å².